The number of amides is 1. The molecule has 1 amide bonds. The average Bonchev–Trinajstić information content (AvgIpc) is 2.69. The number of hydrogen-bond acceptors (Lipinski definition) is 7. The summed E-state index contributed by atoms with van der Waals surface area (Å²) in [7, 11) is 3.07. The minimum Gasteiger partial charge on any atom is -0.495 e. The highest BCUT2D eigenvalue weighted by atomic mass is 35.5. The quantitative estimate of drug-likeness (QED) is 0.854. The molecular weight excluding hydrogens is 360 g/mol. The van der Waals surface area contributed by atoms with Gasteiger partial charge in [0.05, 0.1) is 50.5 Å². The van der Waals surface area contributed by atoms with E-state index in [1.54, 1.807) is 24.1 Å². The zero-order valence-electron chi connectivity index (χ0n) is 14.5. The fourth-order valence-corrected chi connectivity index (χ4v) is 2.76. The maximum Gasteiger partial charge on any atom is 0.274 e. The molecule has 138 valence electrons. The summed E-state index contributed by atoms with van der Waals surface area (Å²) in [5, 5.41) is 3.53. The van der Waals surface area contributed by atoms with Crippen LogP contribution in [0.4, 0.5) is 11.5 Å². The Morgan fingerprint density at radius 2 is 1.88 bits per heavy atom. The Kier molecular flexibility index (Phi) is 5.75. The molecule has 0 aliphatic carbocycles. The van der Waals surface area contributed by atoms with E-state index in [2.05, 4.69) is 15.3 Å². The third-order valence-electron chi connectivity index (χ3n) is 3.91. The van der Waals surface area contributed by atoms with Crippen LogP contribution in [0.25, 0.3) is 0 Å². The molecule has 1 N–H and O–H groups in total. The molecule has 0 unspecified atom stereocenters. The monoisotopic (exact) mass is 378 g/mol. The number of carbonyl (C=O) groups is 1. The number of anilines is 2. The van der Waals surface area contributed by atoms with Crippen molar-refractivity contribution in [3.05, 3.63) is 35.2 Å². The van der Waals surface area contributed by atoms with E-state index in [1.807, 2.05) is 0 Å². The van der Waals surface area contributed by atoms with E-state index in [0.29, 0.717) is 54.3 Å². The van der Waals surface area contributed by atoms with Crippen molar-refractivity contribution in [2.45, 2.75) is 0 Å². The molecule has 0 saturated carbocycles. The average molecular weight is 379 g/mol. The Hall–Kier alpha value is -2.58. The second kappa shape index (κ2) is 8.20. The summed E-state index contributed by atoms with van der Waals surface area (Å²) in [6, 6.07) is 3.35. The highest BCUT2D eigenvalue weighted by Crippen LogP contribution is 2.36. The number of ether oxygens (including phenoxy) is 3. The fraction of sp³-hybridized carbons (Fsp3) is 0.353. The van der Waals surface area contributed by atoms with Gasteiger partial charge in [-0.05, 0) is 0 Å². The smallest absolute Gasteiger partial charge is 0.274 e. The third kappa shape index (κ3) is 3.97. The van der Waals surface area contributed by atoms with Gasteiger partial charge in [-0.1, -0.05) is 11.6 Å². The molecule has 8 nitrogen and oxygen atoms in total. The molecule has 1 aromatic carbocycles. The van der Waals surface area contributed by atoms with Gasteiger partial charge in [-0.3, -0.25) is 4.79 Å². The van der Waals surface area contributed by atoms with E-state index >= 15 is 0 Å². The Morgan fingerprint density at radius 1 is 1.15 bits per heavy atom. The first-order valence-electron chi connectivity index (χ1n) is 8.00. The third-order valence-corrected chi connectivity index (χ3v) is 4.20. The zero-order valence-corrected chi connectivity index (χ0v) is 15.2. The van der Waals surface area contributed by atoms with Gasteiger partial charge < -0.3 is 24.4 Å². The molecular formula is C17H19ClN4O4. The van der Waals surface area contributed by atoms with Crippen LogP contribution < -0.4 is 14.8 Å². The van der Waals surface area contributed by atoms with Crippen LogP contribution in [0.1, 0.15) is 10.5 Å². The van der Waals surface area contributed by atoms with Crippen LogP contribution in [0.5, 0.6) is 11.5 Å². The summed E-state index contributed by atoms with van der Waals surface area (Å²) < 4.78 is 15.8. The first-order chi connectivity index (χ1) is 12.6. The van der Waals surface area contributed by atoms with E-state index in [0.717, 1.165) is 0 Å². The molecule has 1 saturated heterocycles. The van der Waals surface area contributed by atoms with Gasteiger partial charge in [-0.25, -0.2) is 9.97 Å². The lowest BCUT2D eigenvalue weighted by atomic mass is 10.2. The summed E-state index contributed by atoms with van der Waals surface area (Å²) in [4.78, 5) is 22.6. The molecule has 1 fully saturated rings. The molecule has 1 aliphatic heterocycles. The Labute approximate surface area is 156 Å². The number of rotatable bonds is 5. The molecule has 0 spiro atoms. The van der Waals surface area contributed by atoms with Gasteiger partial charge in [0, 0.05) is 25.2 Å². The topological polar surface area (TPSA) is 85.8 Å². The van der Waals surface area contributed by atoms with Crippen molar-refractivity contribution in [2.75, 3.05) is 45.8 Å². The van der Waals surface area contributed by atoms with Crippen LogP contribution in [-0.4, -0.2) is 61.3 Å². The van der Waals surface area contributed by atoms with E-state index in [4.69, 9.17) is 25.8 Å². The predicted octanol–water partition coefficient (Wildman–Crippen LogP) is 2.36. The maximum atomic E-state index is 12.4. The van der Waals surface area contributed by atoms with Crippen molar-refractivity contribution >= 4 is 29.0 Å². The summed E-state index contributed by atoms with van der Waals surface area (Å²) in [6.07, 6.45) is 2.94. The highest BCUT2D eigenvalue weighted by molar-refractivity contribution is 6.32. The Balaban J connectivity index is 1.76. The molecule has 0 atom stereocenters. The van der Waals surface area contributed by atoms with Crippen molar-refractivity contribution in [3.8, 4) is 11.5 Å². The first-order valence-corrected chi connectivity index (χ1v) is 8.37. The van der Waals surface area contributed by atoms with Gasteiger partial charge in [0.15, 0.2) is 0 Å². The second-order valence-electron chi connectivity index (χ2n) is 5.50. The number of halogens is 1. The number of nitrogens with one attached hydrogen (secondary N) is 1. The standard InChI is InChI=1S/C17H19ClN4O4/c1-24-14-8-12(15(25-2)7-11(14)18)21-16-10-19-13(9-20-16)17(23)22-3-5-26-6-4-22/h7-10H,3-6H2,1-2H3,(H,20,21). The molecule has 9 heteroatoms. The number of methoxy groups -OCH3 is 2. The van der Waals surface area contributed by atoms with E-state index in [9.17, 15) is 4.79 Å². The predicted molar refractivity (Wildman–Crippen MR) is 96.6 cm³/mol. The molecule has 2 aromatic rings. The number of aromatic nitrogens is 2. The van der Waals surface area contributed by atoms with Crippen molar-refractivity contribution < 1.29 is 19.0 Å². The lowest BCUT2D eigenvalue weighted by Gasteiger charge is -2.26. The molecule has 2 heterocycles. The Morgan fingerprint density at radius 3 is 2.50 bits per heavy atom. The number of morpholine rings is 1. The van der Waals surface area contributed by atoms with Crippen molar-refractivity contribution in [1.82, 2.24) is 14.9 Å². The van der Waals surface area contributed by atoms with E-state index < -0.39 is 0 Å². The van der Waals surface area contributed by atoms with Crippen LogP contribution >= 0.6 is 11.6 Å². The molecule has 26 heavy (non-hydrogen) atoms. The summed E-state index contributed by atoms with van der Waals surface area (Å²) in [5.74, 6) is 1.34. The minimum atomic E-state index is -0.155. The number of benzene rings is 1. The van der Waals surface area contributed by atoms with E-state index in [-0.39, 0.29) is 11.6 Å². The van der Waals surface area contributed by atoms with Crippen LogP contribution in [0.3, 0.4) is 0 Å². The lowest BCUT2D eigenvalue weighted by molar-refractivity contribution is 0.0298. The van der Waals surface area contributed by atoms with Gasteiger partial charge in [-0.2, -0.15) is 0 Å². The summed E-state index contributed by atoms with van der Waals surface area (Å²) >= 11 is 6.10. The molecule has 0 bridgehead atoms. The molecule has 1 aromatic heterocycles. The largest absolute Gasteiger partial charge is 0.495 e. The van der Waals surface area contributed by atoms with Crippen LogP contribution in [0, 0.1) is 0 Å². The van der Waals surface area contributed by atoms with Crippen molar-refractivity contribution in [1.29, 1.82) is 0 Å². The van der Waals surface area contributed by atoms with Gasteiger partial charge in [0.25, 0.3) is 5.91 Å². The number of hydrogen-bond donors (Lipinski definition) is 1. The van der Waals surface area contributed by atoms with Crippen LogP contribution in [0.2, 0.25) is 5.02 Å². The first kappa shape index (κ1) is 18.2. The number of carbonyl (C=O) groups excluding carboxylic acids is 1. The Bertz CT molecular complexity index is 779. The van der Waals surface area contributed by atoms with Crippen molar-refractivity contribution in [3.63, 3.8) is 0 Å². The van der Waals surface area contributed by atoms with Gasteiger partial charge in [-0.15, -0.1) is 0 Å². The normalized spacial score (nSPS) is 14.0. The van der Waals surface area contributed by atoms with Gasteiger partial charge in [0.2, 0.25) is 0 Å². The summed E-state index contributed by atoms with van der Waals surface area (Å²) in [5.41, 5.74) is 0.911. The van der Waals surface area contributed by atoms with Crippen LogP contribution in [-0.2, 0) is 4.74 Å². The summed E-state index contributed by atoms with van der Waals surface area (Å²) in [6.45, 7) is 2.19. The zero-order chi connectivity index (χ0) is 18.5. The SMILES string of the molecule is COc1cc(Nc2cnc(C(=O)N3CCOCC3)cn2)c(OC)cc1Cl. The lowest BCUT2D eigenvalue weighted by Crippen LogP contribution is -2.41. The molecule has 3 rings (SSSR count). The van der Waals surface area contributed by atoms with Crippen molar-refractivity contribution in [2.24, 2.45) is 0 Å². The maximum absolute atomic E-state index is 12.4. The highest BCUT2D eigenvalue weighted by Gasteiger charge is 2.20. The van der Waals surface area contributed by atoms with Crippen LogP contribution in [0.15, 0.2) is 24.5 Å². The minimum absolute atomic E-state index is 0.155. The van der Waals surface area contributed by atoms with Gasteiger partial charge >= 0.3 is 0 Å². The second-order valence-corrected chi connectivity index (χ2v) is 5.91. The van der Waals surface area contributed by atoms with E-state index in [1.165, 1.54) is 19.5 Å². The molecule has 1 aliphatic rings. The fourth-order valence-electron chi connectivity index (χ4n) is 2.53. The van der Waals surface area contributed by atoms with Gasteiger partial charge in [0.1, 0.15) is 23.0 Å². The number of nitrogens with zero attached hydrogens (tertiary/aromatic N) is 3. The molecule has 0 radical (unpaired) electrons.